The van der Waals surface area contributed by atoms with E-state index in [-0.39, 0.29) is 11.9 Å². The molecule has 1 unspecified atom stereocenters. The molecule has 0 saturated heterocycles. The first-order valence-electron chi connectivity index (χ1n) is 6.07. The van der Waals surface area contributed by atoms with Gasteiger partial charge in [0.1, 0.15) is 5.82 Å². The van der Waals surface area contributed by atoms with Gasteiger partial charge in [-0.1, -0.05) is 47.5 Å². The van der Waals surface area contributed by atoms with Crippen molar-refractivity contribution in [1.29, 1.82) is 0 Å². The lowest BCUT2D eigenvalue weighted by atomic mass is 9.98. The minimum Gasteiger partial charge on any atom is -0.271 e. The molecule has 3 N–H and O–H groups in total. The van der Waals surface area contributed by atoms with Gasteiger partial charge in [0.05, 0.1) is 6.04 Å². The summed E-state index contributed by atoms with van der Waals surface area (Å²) in [6.07, 6.45) is 0.620. The predicted octanol–water partition coefficient (Wildman–Crippen LogP) is 3.53. The molecule has 100 valence electrons. The number of hydrogen-bond acceptors (Lipinski definition) is 2. The van der Waals surface area contributed by atoms with Crippen molar-refractivity contribution in [3.63, 3.8) is 0 Å². The van der Waals surface area contributed by atoms with Gasteiger partial charge in [0.15, 0.2) is 0 Å². The van der Waals surface area contributed by atoms with E-state index in [1.807, 2.05) is 31.2 Å². The van der Waals surface area contributed by atoms with Crippen LogP contribution in [-0.2, 0) is 6.42 Å². The van der Waals surface area contributed by atoms with Gasteiger partial charge in [-0.05, 0) is 31.0 Å². The number of halogens is 2. The van der Waals surface area contributed by atoms with Crippen LogP contribution in [0.25, 0.3) is 0 Å². The summed E-state index contributed by atoms with van der Waals surface area (Å²) in [4.78, 5) is 0. The van der Waals surface area contributed by atoms with Crippen LogP contribution in [0.3, 0.4) is 0 Å². The van der Waals surface area contributed by atoms with E-state index >= 15 is 0 Å². The molecule has 0 bridgehead atoms. The molecule has 19 heavy (non-hydrogen) atoms. The van der Waals surface area contributed by atoms with Crippen LogP contribution in [-0.4, -0.2) is 0 Å². The number of rotatable bonds is 4. The summed E-state index contributed by atoms with van der Waals surface area (Å²) in [5.41, 5.74) is 5.47. The molecule has 4 heteroatoms. The second-order valence-electron chi connectivity index (χ2n) is 4.57. The van der Waals surface area contributed by atoms with Gasteiger partial charge in [0.25, 0.3) is 0 Å². The van der Waals surface area contributed by atoms with E-state index in [9.17, 15) is 4.39 Å². The van der Waals surface area contributed by atoms with Gasteiger partial charge in [0, 0.05) is 10.6 Å². The standard InChI is InChI=1S/C15H16ClFN2/c1-10-2-4-11(5-3-10)8-15(19-18)13-7-6-12(16)9-14(13)17/h2-7,9,15,19H,8,18H2,1H3. The van der Waals surface area contributed by atoms with Crippen molar-refractivity contribution in [3.8, 4) is 0 Å². The summed E-state index contributed by atoms with van der Waals surface area (Å²) in [7, 11) is 0. The molecule has 2 aromatic carbocycles. The molecule has 0 aliphatic heterocycles. The number of nitrogens with one attached hydrogen (secondary N) is 1. The molecule has 0 saturated carbocycles. The molecule has 0 fully saturated rings. The monoisotopic (exact) mass is 278 g/mol. The minimum atomic E-state index is -0.345. The van der Waals surface area contributed by atoms with E-state index in [1.54, 1.807) is 12.1 Å². The molecule has 2 nitrogen and oxygen atoms in total. The highest BCUT2D eigenvalue weighted by molar-refractivity contribution is 6.30. The summed E-state index contributed by atoms with van der Waals surface area (Å²) in [6.45, 7) is 2.03. The maximum Gasteiger partial charge on any atom is 0.129 e. The third-order valence-corrected chi connectivity index (χ3v) is 3.33. The zero-order valence-electron chi connectivity index (χ0n) is 10.7. The van der Waals surface area contributed by atoms with Crippen LogP contribution in [0.15, 0.2) is 42.5 Å². The van der Waals surface area contributed by atoms with E-state index < -0.39 is 0 Å². The maximum atomic E-state index is 13.9. The predicted molar refractivity (Wildman–Crippen MR) is 76.4 cm³/mol. The van der Waals surface area contributed by atoms with Crippen LogP contribution in [0.4, 0.5) is 4.39 Å². The summed E-state index contributed by atoms with van der Waals surface area (Å²) in [6, 6.07) is 12.5. The fraction of sp³-hybridized carbons (Fsp3) is 0.200. The van der Waals surface area contributed by atoms with Gasteiger partial charge in [-0.15, -0.1) is 0 Å². The molecule has 2 aromatic rings. The molecule has 1 atom stereocenters. The first-order valence-corrected chi connectivity index (χ1v) is 6.44. The lowest BCUT2D eigenvalue weighted by molar-refractivity contribution is 0.510. The Morgan fingerprint density at radius 1 is 1.21 bits per heavy atom. The summed E-state index contributed by atoms with van der Waals surface area (Å²) >= 11 is 5.75. The molecule has 0 aliphatic carbocycles. The third-order valence-electron chi connectivity index (χ3n) is 3.10. The molecular weight excluding hydrogens is 263 g/mol. The van der Waals surface area contributed by atoms with Crippen molar-refractivity contribution in [2.24, 2.45) is 5.84 Å². The second kappa shape index (κ2) is 6.15. The van der Waals surface area contributed by atoms with Crippen LogP contribution in [0.5, 0.6) is 0 Å². The SMILES string of the molecule is Cc1ccc(CC(NN)c2ccc(Cl)cc2F)cc1. The number of nitrogens with two attached hydrogens (primary N) is 1. The van der Waals surface area contributed by atoms with Crippen molar-refractivity contribution in [1.82, 2.24) is 5.43 Å². The molecule has 0 radical (unpaired) electrons. The van der Waals surface area contributed by atoms with E-state index in [4.69, 9.17) is 17.4 Å². The van der Waals surface area contributed by atoms with Gasteiger partial charge < -0.3 is 0 Å². The van der Waals surface area contributed by atoms with E-state index in [0.717, 1.165) is 5.56 Å². The number of benzene rings is 2. The Kier molecular flexibility index (Phi) is 4.53. The topological polar surface area (TPSA) is 38.0 Å². The molecule has 0 aromatic heterocycles. The lowest BCUT2D eigenvalue weighted by Gasteiger charge is -2.17. The van der Waals surface area contributed by atoms with Crippen molar-refractivity contribution < 1.29 is 4.39 Å². The molecular formula is C15H16ClFN2. The Balaban J connectivity index is 2.22. The summed E-state index contributed by atoms with van der Waals surface area (Å²) < 4.78 is 13.9. The van der Waals surface area contributed by atoms with Gasteiger partial charge in [-0.2, -0.15) is 0 Å². The van der Waals surface area contributed by atoms with Crippen molar-refractivity contribution in [2.75, 3.05) is 0 Å². The van der Waals surface area contributed by atoms with Crippen molar-refractivity contribution >= 4 is 11.6 Å². The maximum absolute atomic E-state index is 13.9. The van der Waals surface area contributed by atoms with E-state index in [2.05, 4.69) is 5.43 Å². The van der Waals surface area contributed by atoms with Crippen LogP contribution in [0.1, 0.15) is 22.7 Å². The Hall–Kier alpha value is -1.42. The van der Waals surface area contributed by atoms with Gasteiger partial charge in [-0.25, -0.2) is 4.39 Å². The lowest BCUT2D eigenvalue weighted by Crippen LogP contribution is -2.30. The van der Waals surface area contributed by atoms with E-state index in [1.165, 1.54) is 11.6 Å². The average molecular weight is 279 g/mol. The molecule has 0 heterocycles. The quantitative estimate of drug-likeness (QED) is 0.663. The van der Waals surface area contributed by atoms with Crippen LogP contribution in [0, 0.1) is 12.7 Å². The fourth-order valence-electron chi connectivity index (χ4n) is 2.00. The van der Waals surface area contributed by atoms with Crippen LogP contribution < -0.4 is 11.3 Å². The molecule has 0 spiro atoms. The number of aryl methyl sites for hydroxylation is 1. The average Bonchev–Trinajstić information content (AvgIpc) is 2.39. The zero-order chi connectivity index (χ0) is 13.8. The van der Waals surface area contributed by atoms with Gasteiger partial charge in [-0.3, -0.25) is 11.3 Å². The Labute approximate surface area is 117 Å². The normalized spacial score (nSPS) is 12.4. The fourth-order valence-corrected chi connectivity index (χ4v) is 2.16. The number of hydrazine groups is 1. The zero-order valence-corrected chi connectivity index (χ0v) is 11.4. The minimum absolute atomic E-state index is 0.278. The van der Waals surface area contributed by atoms with Gasteiger partial charge >= 0.3 is 0 Å². The third kappa shape index (κ3) is 3.53. The molecule has 2 rings (SSSR count). The highest BCUT2D eigenvalue weighted by atomic mass is 35.5. The van der Waals surface area contributed by atoms with Crippen LogP contribution in [0.2, 0.25) is 5.02 Å². The van der Waals surface area contributed by atoms with Gasteiger partial charge in [0.2, 0.25) is 0 Å². The molecule has 0 amide bonds. The summed E-state index contributed by atoms with van der Waals surface area (Å²) in [5.74, 6) is 5.19. The second-order valence-corrected chi connectivity index (χ2v) is 5.01. The first kappa shape index (κ1) is 14.0. The highest BCUT2D eigenvalue weighted by Crippen LogP contribution is 2.23. The smallest absolute Gasteiger partial charge is 0.129 e. The Morgan fingerprint density at radius 2 is 1.89 bits per heavy atom. The van der Waals surface area contributed by atoms with Crippen molar-refractivity contribution in [2.45, 2.75) is 19.4 Å². The Bertz CT molecular complexity index is 555. The first-order chi connectivity index (χ1) is 9.10. The van der Waals surface area contributed by atoms with E-state index in [0.29, 0.717) is 17.0 Å². The summed E-state index contributed by atoms with van der Waals surface area (Å²) in [5, 5.41) is 0.382. The van der Waals surface area contributed by atoms with Crippen LogP contribution >= 0.6 is 11.6 Å². The van der Waals surface area contributed by atoms with Crippen molar-refractivity contribution in [3.05, 3.63) is 70.0 Å². The Morgan fingerprint density at radius 3 is 2.47 bits per heavy atom. The highest BCUT2D eigenvalue weighted by Gasteiger charge is 2.15. The molecule has 0 aliphatic rings. The largest absolute Gasteiger partial charge is 0.271 e. The number of hydrogen-bond donors (Lipinski definition) is 2.